The summed E-state index contributed by atoms with van der Waals surface area (Å²) >= 11 is 1.96. The fraction of sp³-hybridized carbons (Fsp3) is 0.435. The normalized spacial score (nSPS) is 19.4. The lowest BCUT2D eigenvalue weighted by molar-refractivity contribution is 0.0496. The van der Waals surface area contributed by atoms with Gasteiger partial charge in [0, 0.05) is 41.7 Å². The van der Waals surface area contributed by atoms with Crippen LogP contribution in [0.3, 0.4) is 0 Å². The van der Waals surface area contributed by atoms with Crippen LogP contribution in [0.4, 0.5) is 24.5 Å². The number of anilines is 2. The van der Waals surface area contributed by atoms with Gasteiger partial charge in [-0.1, -0.05) is 6.42 Å². The molecule has 0 aliphatic carbocycles. The Kier molecular flexibility index (Phi) is 7.57. The smallest absolute Gasteiger partial charge is 0.256 e. The van der Waals surface area contributed by atoms with Gasteiger partial charge in [0.15, 0.2) is 11.6 Å². The topological polar surface area (TPSA) is 56.4 Å². The molecule has 0 spiro atoms. The Morgan fingerprint density at radius 2 is 1.94 bits per heavy atom. The molecule has 32 heavy (non-hydrogen) atoms. The molecule has 2 heterocycles. The van der Waals surface area contributed by atoms with Crippen molar-refractivity contribution in [3.8, 4) is 0 Å². The summed E-state index contributed by atoms with van der Waals surface area (Å²) < 4.78 is 43.4. The molecular formula is C23H26F3IN4O. The van der Waals surface area contributed by atoms with Crippen molar-refractivity contribution in [1.82, 2.24) is 15.5 Å². The van der Waals surface area contributed by atoms with Crippen molar-refractivity contribution in [2.75, 3.05) is 38.0 Å². The van der Waals surface area contributed by atoms with E-state index in [0.717, 1.165) is 32.1 Å². The van der Waals surface area contributed by atoms with Crippen LogP contribution in [0.5, 0.6) is 0 Å². The van der Waals surface area contributed by atoms with Crippen molar-refractivity contribution in [1.29, 1.82) is 0 Å². The van der Waals surface area contributed by atoms with Crippen molar-refractivity contribution >= 4 is 39.9 Å². The van der Waals surface area contributed by atoms with Crippen LogP contribution in [0.15, 0.2) is 30.3 Å². The maximum Gasteiger partial charge on any atom is 0.256 e. The predicted molar refractivity (Wildman–Crippen MR) is 127 cm³/mol. The van der Waals surface area contributed by atoms with Gasteiger partial charge in [-0.15, -0.1) is 0 Å². The minimum Gasteiger partial charge on any atom is -0.350 e. The van der Waals surface area contributed by atoms with Crippen molar-refractivity contribution in [2.24, 2.45) is 5.92 Å². The van der Waals surface area contributed by atoms with Crippen molar-refractivity contribution in [3.05, 3.63) is 56.9 Å². The summed E-state index contributed by atoms with van der Waals surface area (Å²) in [6, 6.07) is 6.96. The number of likely N-dealkylation sites (tertiary alicyclic amines) is 1. The highest BCUT2D eigenvalue weighted by molar-refractivity contribution is 14.1. The van der Waals surface area contributed by atoms with Crippen LogP contribution in [-0.4, -0.2) is 49.6 Å². The SMILES string of the molecule is O=C(c1ccc(F)c(F)c1Nc1ccc(I)cc1F)N1CC(CNC2CCCCNC2)C1. The zero-order valence-corrected chi connectivity index (χ0v) is 19.7. The van der Waals surface area contributed by atoms with Gasteiger partial charge in [-0.2, -0.15) is 0 Å². The van der Waals surface area contributed by atoms with Crippen molar-refractivity contribution < 1.29 is 18.0 Å². The van der Waals surface area contributed by atoms with Crippen molar-refractivity contribution in [3.63, 3.8) is 0 Å². The monoisotopic (exact) mass is 558 g/mol. The van der Waals surface area contributed by atoms with E-state index in [4.69, 9.17) is 0 Å². The first kappa shape index (κ1) is 23.3. The first-order valence-electron chi connectivity index (χ1n) is 10.9. The van der Waals surface area contributed by atoms with Gasteiger partial charge in [0.2, 0.25) is 0 Å². The van der Waals surface area contributed by atoms with Crippen LogP contribution in [0.2, 0.25) is 0 Å². The fourth-order valence-electron chi connectivity index (χ4n) is 4.14. The predicted octanol–water partition coefficient (Wildman–Crippen LogP) is 4.26. The number of hydrogen-bond acceptors (Lipinski definition) is 4. The summed E-state index contributed by atoms with van der Waals surface area (Å²) in [7, 11) is 0. The number of nitrogens with zero attached hydrogens (tertiary/aromatic N) is 1. The van der Waals surface area contributed by atoms with E-state index in [0.29, 0.717) is 28.6 Å². The zero-order chi connectivity index (χ0) is 22.7. The Bertz CT molecular complexity index is 976. The molecule has 2 aliphatic rings. The van der Waals surface area contributed by atoms with Crippen LogP contribution >= 0.6 is 22.6 Å². The van der Waals surface area contributed by atoms with Gasteiger partial charge in [0.25, 0.3) is 5.91 Å². The lowest BCUT2D eigenvalue weighted by Crippen LogP contribution is -2.54. The molecule has 0 saturated carbocycles. The van der Waals surface area contributed by atoms with Gasteiger partial charge in [-0.3, -0.25) is 4.79 Å². The standard InChI is InChI=1S/C23H26F3IN4O/c24-18-6-5-17(22(21(18)26)30-20-7-4-15(27)9-19(20)25)23(32)31-12-14(13-31)10-29-16-3-1-2-8-28-11-16/h4-7,9,14,16,28-30H,1-3,8,10-13H2. The van der Waals surface area contributed by atoms with Gasteiger partial charge in [-0.25, -0.2) is 13.2 Å². The average molecular weight is 558 g/mol. The number of amides is 1. The minimum atomic E-state index is -1.20. The molecule has 2 aromatic carbocycles. The second-order valence-electron chi connectivity index (χ2n) is 8.41. The Morgan fingerprint density at radius 1 is 1.12 bits per heavy atom. The molecule has 1 atom stereocenters. The molecule has 2 aromatic rings. The van der Waals surface area contributed by atoms with E-state index in [1.54, 1.807) is 11.0 Å². The van der Waals surface area contributed by atoms with E-state index in [-0.39, 0.29) is 16.9 Å². The van der Waals surface area contributed by atoms with Crippen LogP contribution in [-0.2, 0) is 0 Å². The third kappa shape index (κ3) is 5.37. The van der Waals surface area contributed by atoms with E-state index >= 15 is 0 Å². The van der Waals surface area contributed by atoms with Crippen LogP contribution in [0.1, 0.15) is 29.6 Å². The number of halogens is 4. The summed E-state index contributed by atoms with van der Waals surface area (Å²) in [6.45, 7) is 3.91. The summed E-state index contributed by atoms with van der Waals surface area (Å²) in [4.78, 5) is 14.6. The zero-order valence-electron chi connectivity index (χ0n) is 17.6. The summed E-state index contributed by atoms with van der Waals surface area (Å²) in [5, 5.41) is 9.58. The molecule has 0 radical (unpaired) electrons. The van der Waals surface area contributed by atoms with Crippen LogP contribution < -0.4 is 16.0 Å². The Balaban J connectivity index is 1.41. The molecule has 4 rings (SSSR count). The van der Waals surface area contributed by atoms with Gasteiger partial charge < -0.3 is 20.9 Å². The molecule has 2 saturated heterocycles. The third-order valence-corrected chi connectivity index (χ3v) is 6.67. The first-order chi connectivity index (χ1) is 15.4. The molecular weight excluding hydrogens is 532 g/mol. The fourth-order valence-corrected chi connectivity index (χ4v) is 4.59. The quantitative estimate of drug-likeness (QED) is 0.465. The highest BCUT2D eigenvalue weighted by Crippen LogP contribution is 2.31. The highest BCUT2D eigenvalue weighted by Gasteiger charge is 2.33. The number of benzene rings is 2. The minimum absolute atomic E-state index is 0.0128. The molecule has 0 bridgehead atoms. The van der Waals surface area contributed by atoms with Crippen LogP contribution in [0.25, 0.3) is 0 Å². The maximum absolute atomic E-state index is 14.6. The average Bonchev–Trinajstić information content (AvgIpc) is 3.01. The van der Waals surface area contributed by atoms with E-state index in [1.165, 1.54) is 31.0 Å². The third-order valence-electron chi connectivity index (χ3n) is 6.00. The number of rotatable bonds is 6. The summed E-state index contributed by atoms with van der Waals surface area (Å²) in [5.74, 6) is -2.99. The highest BCUT2D eigenvalue weighted by atomic mass is 127. The summed E-state index contributed by atoms with van der Waals surface area (Å²) in [5.41, 5.74) is -0.380. The van der Waals surface area contributed by atoms with E-state index in [9.17, 15) is 18.0 Å². The van der Waals surface area contributed by atoms with Crippen LogP contribution in [0, 0.1) is 26.9 Å². The second kappa shape index (κ2) is 10.4. The molecule has 2 fully saturated rings. The van der Waals surface area contributed by atoms with E-state index in [1.807, 2.05) is 22.6 Å². The molecule has 9 heteroatoms. The largest absolute Gasteiger partial charge is 0.350 e. The number of nitrogens with one attached hydrogen (secondary N) is 3. The first-order valence-corrected chi connectivity index (χ1v) is 11.9. The molecule has 2 aliphatic heterocycles. The summed E-state index contributed by atoms with van der Waals surface area (Å²) in [6.07, 6.45) is 3.54. The van der Waals surface area contributed by atoms with E-state index in [2.05, 4.69) is 16.0 Å². The molecule has 5 nitrogen and oxygen atoms in total. The van der Waals surface area contributed by atoms with Gasteiger partial charge >= 0.3 is 0 Å². The lowest BCUT2D eigenvalue weighted by atomic mass is 9.97. The van der Waals surface area contributed by atoms with Crippen molar-refractivity contribution in [2.45, 2.75) is 25.3 Å². The molecule has 1 unspecified atom stereocenters. The Labute approximate surface area is 199 Å². The number of carbonyl (C=O) groups is 1. The molecule has 172 valence electrons. The number of carbonyl (C=O) groups excluding carboxylic acids is 1. The number of hydrogen-bond donors (Lipinski definition) is 3. The molecule has 1 amide bonds. The second-order valence-corrected chi connectivity index (χ2v) is 9.66. The molecule has 0 aromatic heterocycles. The van der Waals surface area contributed by atoms with Gasteiger partial charge in [0.05, 0.1) is 16.9 Å². The lowest BCUT2D eigenvalue weighted by Gasteiger charge is -2.40. The van der Waals surface area contributed by atoms with Gasteiger partial charge in [0.1, 0.15) is 5.82 Å². The maximum atomic E-state index is 14.6. The Hall–Kier alpha value is -1.85. The van der Waals surface area contributed by atoms with Gasteiger partial charge in [-0.05, 0) is 72.3 Å². The molecule has 3 N–H and O–H groups in total. The van der Waals surface area contributed by atoms with E-state index < -0.39 is 23.4 Å². The Morgan fingerprint density at radius 3 is 2.72 bits per heavy atom.